The van der Waals surface area contributed by atoms with Gasteiger partial charge in [0.25, 0.3) is 0 Å². The predicted molar refractivity (Wildman–Crippen MR) is 69.9 cm³/mol. The number of aryl methyl sites for hydroxylation is 1. The molecule has 0 fully saturated rings. The Morgan fingerprint density at radius 3 is 2.72 bits per heavy atom. The molecule has 2 rings (SSSR count). The Morgan fingerprint density at radius 2 is 2.00 bits per heavy atom. The van der Waals surface area contributed by atoms with Crippen LogP contribution in [0.1, 0.15) is 11.1 Å². The minimum atomic E-state index is 0.386. The number of methoxy groups -OCH3 is 1. The SMILES string of the molecule is COc1cc(C)ccc1Oc1ccncc1CN. The van der Waals surface area contributed by atoms with Crippen molar-refractivity contribution in [3.05, 3.63) is 47.8 Å². The molecule has 0 aliphatic carbocycles. The second kappa shape index (κ2) is 5.51. The summed E-state index contributed by atoms with van der Waals surface area (Å²) in [4.78, 5) is 4.02. The molecular formula is C14H16N2O2. The summed E-state index contributed by atoms with van der Waals surface area (Å²) in [7, 11) is 1.62. The van der Waals surface area contributed by atoms with Crippen molar-refractivity contribution in [2.75, 3.05) is 7.11 Å². The maximum Gasteiger partial charge on any atom is 0.169 e. The van der Waals surface area contributed by atoms with Gasteiger partial charge in [-0.05, 0) is 30.7 Å². The zero-order chi connectivity index (χ0) is 13.0. The van der Waals surface area contributed by atoms with Gasteiger partial charge in [0.05, 0.1) is 7.11 Å². The van der Waals surface area contributed by atoms with Crippen molar-refractivity contribution in [3.63, 3.8) is 0 Å². The molecule has 94 valence electrons. The van der Waals surface area contributed by atoms with E-state index < -0.39 is 0 Å². The first-order valence-corrected chi connectivity index (χ1v) is 5.70. The summed E-state index contributed by atoms with van der Waals surface area (Å²) < 4.78 is 11.1. The van der Waals surface area contributed by atoms with Crippen LogP contribution >= 0.6 is 0 Å². The number of hydrogen-bond donors (Lipinski definition) is 1. The fraction of sp³-hybridized carbons (Fsp3) is 0.214. The molecule has 4 nitrogen and oxygen atoms in total. The summed E-state index contributed by atoms with van der Waals surface area (Å²) in [6.45, 7) is 2.39. The summed E-state index contributed by atoms with van der Waals surface area (Å²) in [5.74, 6) is 2.08. The highest BCUT2D eigenvalue weighted by atomic mass is 16.5. The first-order chi connectivity index (χ1) is 8.74. The Bertz CT molecular complexity index is 541. The van der Waals surface area contributed by atoms with Crippen LogP contribution in [0.15, 0.2) is 36.7 Å². The van der Waals surface area contributed by atoms with Crippen LogP contribution in [0.2, 0.25) is 0 Å². The zero-order valence-electron chi connectivity index (χ0n) is 10.5. The number of nitrogens with two attached hydrogens (primary N) is 1. The van der Waals surface area contributed by atoms with E-state index in [1.54, 1.807) is 25.6 Å². The molecule has 4 heteroatoms. The van der Waals surface area contributed by atoms with Crippen LogP contribution in [0.4, 0.5) is 0 Å². The molecule has 0 atom stereocenters. The summed E-state index contributed by atoms with van der Waals surface area (Å²) in [5, 5.41) is 0. The van der Waals surface area contributed by atoms with Crippen molar-refractivity contribution in [2.45, 2.75) is 13.5 Å². The number of benzene rings is 1. The van der Waals surface area contributed by atoms with E-state index in [-0.39, 0.29) is 0 Å². The topological polar surface area (TPSA) is 57.4 Å². The average Bonchev–Trinajstić information content (AvgIpc) is 2.41. The van der Waals surface area contributed by atoms with Gasteiger partial charge in [-0.2, -0.15) is 0 Å². The van der Waals surface area contributed by atoms with Crippen molar-refractivity contribution in [1.29, 1.82) is 0 Å². The van der Waals surface area contributed by atoms with Crippen molar-refractivity contribution >= 4 is 0 Å². The third kappa shape index (κ3) is 2.60. The van der Waals surface area contributed by atoms with Gasteiger partial charge in [-0.15, -0.1) is 0 Å². The molecule has 0 amide bonds. The first-order valence-electron chi connectivity index (χ1n) is 5.70. The van der Waals surface area contributed by atoms with E-state index in [4.69, 9.17) is 15.2 Å². The Balaban J connectivity index is 2.33. The average molecular weight is 244 g/mol. The van der Waals surface area contributed by atoms with Crippen LogP contribution in [0, 0.1) is 6.92 Å². The lowest BCUT2D eigenvalue weighted by atomic mass is 10.2. The predicted octanol–water partition coefficient (Wildman–Crippen LogP) is 2.65. The Labute approximate surface area is 106 Å². The van der Waals surface area contributed by atoms with E-state index in [2.05, 4.69) is 4.98 Å². The van der Waals surface area contributed by atoms with Gasteiger partial charge in [-0.1, -0.05) is 6.07 Å². The van der Waals surface area contributed by atoms with Gasteiger partial charge < -0.3 is 15.2 Å². The molecule has 2 aromatic rings. The third-order valence-electron chi connectivity index (χ3n) is 2.62. The summed E-state index contributed by atoms with van der Waals surface area (Å²) in [6.07, 6.45) is 3.38. The quantitative estimate of drug-likeness (QED) is 0.898. The van der Waals surface area contributed by atoms with E-state index in [1.165, 1.54) is 0 Å². The van der Waals surface area contributed by atoms with Gasteiger partial charge in [0, 0.05) is 24.5 Å². The summed E-state index contributed by atoms with van der Waals surface area (Å²) in [6, 6.07) is 7.58. The lowest BCUT2D eigenvalue weighted by Gasteiger charge is -2.12. The molecule has 0 unspecified atom stereocenters. The molecule has 0 aliphatic heterocycles. The molecule has 0 aliphatic rings. The van der Waals surface area contributed by atoms with Crippen molar-refractivity contribution in [2.24, 2.45) is 5.73 Å². The van der Waals surface area contributed by atoms with Crippen LogP contribution < -0.4 is 15.2 Å². The van der Waals surface area contributed by atoms with Gasteiger partial charge >= 0.3 is 0 Å². The second-order valence-electron chi connectivity index (χ2n) is 3.94. The van der Waals surface area contributed by atoms with Crippen LogP contribution in [0.25, 0.3) is 0 Å². The number of pyridine rings is 1. The van der Waals surface area contributed by atoms with Crippen molar-refractivity contribution < 1.29 is 9.47 Å². The molecule has 0 bridgehead atoms. The normalized spacial score (nSPS) is 10.2. The minimum Gasteiger partial charge on any atom is -0.493 e. The molecular weight excluding hydrogens is 228 g/mol. The molecule has 1 aromatic carbocycles. The summed E-state index contributed by atoms with van der Waals surface area (Å²) in [5.41, 5.74) is 7.63. The lowest BCUT2D eigenvalue weighted by molar-refractivity contribution is 0.377. The standard InChI is InChI=1S/C14H16N2O2/c1-10-3-4-13(14(7-10)17-2)18-12-5-6-16-9-11(12)8-15/h3-7,9H,8,15H2,1-2H3. The van der Waals surface area contributed by atoms with Gasteiger partial charge in [0.1, 0.15) is 5.75 Å². The van der Waals surface area contributed by atoms with Gasteiger partial charge in [-0.3, -0.25) is 4.98 Å². The number of rotatable bonds is 4. The fourth-order valence-electron chi connectivity index (χ4n) is 1.64. The van der Waals surface area contributed by atoms with E-state index in [9.17, 15) is 0 Å². The highest BCUT2D eigenvalue weighted by Crippen LogP contribution is 2.33. The van der Waals surface area contributed by atoms with Crippen LogP contribution in [-0.4, -0.2) is 12.1 Å². The van der Waals surface area contributed by atoms with Crippen LogP contribution in [0.5, 0.6) is 17.2 Å². The number of ether oxygens (including phenoxy) is 2. The molecule has 0 saturated heterocycles. The molecule has 0 saturated carbocycles. The van der Waals surface area contributed by atoms with Gasteiger partial charge in [0.2, 0.25) is 0 Å². The minimum absolute atomic E-state index is 0.386. The van der Waals surface area contributed by atoms with Crippen molar-refractivity contribution in [3.8, 4) is 17.2 Å². The molecule has 0 radical (unpaired) electrons. The fourth-order valence-corrected chi connectivity index (χ4v) is 1.64. The maximum atomic E-state index is 5.83. The molecule has 2 N–H and O–H groups in total. The monoisotopic (exact) mass is 244 g/mol. The highest BCUT2D eigenvalue weighted by Gasteiger charge is 2.08. The Hall–Kier alpha value is -2.07. The number of nitrogens with zero attached hydrogens (tertiary/aromatic N) is 1. The first kappa shape index (κ1) is 12.4. The van der Waals surface area contributed by atoms with Gasteiger partial charge in [0.15, 0.2) is 11.5 Å². The second-order valence-corrected chi connectivity index (χ2v) is 3.94. The van der Waals surface area contributed by atoms with E-state index in [0.29, 0.717) is 23.8 Å². The van der Waals surface area contributed by atoms with E-state index in [1.807, 2.05) is 25.1 Å². The van der Waals surface area contributed by atoms with E-state index in [0.717, 1.165) is 11.1 Å². The Morgan fingerprint density at radius 1 is 1.17 bits per heavy atom. The molecule has 1 aromatic heterocycles. The largest absolute Gasteiger partial charge is 0.493 e. The van der Waals surface area contributed by atoms with Crippen molar-refractivity contribution in [1.82, 2.24) is 4.98 Å². The molecule has 0 spiro atoms. The number of hydrogen-bond acceptors (Lipinski definition) is 4. The number of aromatic nitrogens is 1. The zero-order valence-corrected chi connectivity index (χ0v) is 10.5. The van der Waals surface area contributed by atoms with E-state index >= 15 is 0 Å². The van der Waals surface area contributed by atoms with Crippen LogP contribution in [-0.2, 0) is 6.54 Å². The highest BCUT2D eigenvalue weighted by molar-refractivity contribution is 5.46. The van der Waals surface area contributed by atoms with Crippen LogP contribution in [0.3, 0.4) is 0 Å². The summed E-state index contributed by atoms with van der Waals surface area (Å²) >= 11 is 0. The third-order valence-corrected chi connectivity index (χ3v) is 2.62. The molecule has 18 heavy (non-hydrogen) atoms. The maximum absolute atomic E-state index is 5.83. The molecule has 1 heterocycles. The Kier molecular flexibility index (Phi) is 3.79. The van der Waals surface area contributed by atoms with Gasteiger partial charge in [-0.25, -0.2) is 0 Å². The smallest absolute Gasteiger partial charge is 0.169 e. The lowest BCUT2D eigenvalue weighted by Crippen LogP contribution is -2.00.